The number of hydrogen-bond acceptors (Lipinski definition) is 8. The summed E-state index contributed by atoms with van der Waals surface area (Å²) in [4.78, 5) is 20.6. The molecule has 38 heavy (non-hydrogen) atoms. The van der Waals surface area contributed by atoms with Crippen LogP contribution in [0.3, 0.4) is 0 Å². The zero-order valence-electron chi connectivity index (χ0n) is 22.6. The van der Waals surface area contributed by atoms with Crippen molar-refractivity contribution in [3.05, 3.63) is 53.5 Å². The molecule has 3 aromatic heterocycles. The van der Waals surface area contributed by atoms with Gasteiger partial charge in [-0.05, 0) is 30.9 Å². The number of fused-ring (bicyclic) bond motifs is 1. The van der Waals surface area contributed by atoms with Crippen molar-refractivity contribution in [3.8, 4) is 22.6 Å². The van der Waals surface area contributed by atoms with Crippen LogP contribution in [0.25, 0.3) is 28.1 Å². The van der Waals surface area contributed by atoms with Gasteiger partial charge in [0.15, 0.2) is 5.82 Å². The number of ether oxygens (including phenoxy) is 2. The molecule has 0 bridgehead atoms. The first-order valence-corrected chi connectivity index (χ1v) is 13.5. The van der Waals surface area contributed by atoms with Gasteiger partial charge in [-0.3, -0.25) is 0 Å². The fourth-order valence-corrected chi connectivity index (χ4v) is 4.99. The fraction of sp³-hybridized carbons (Fsp3) is 0.448. The number of aryl methyl sites for hydroxylation is 1. The van der Waals surface area contributed by atoms with E-state index in [4.69, 9.17) is 24.1 Å². The lowest BCUT2D eigenvalue weighted by Crippen LogP contribution is -2.37. The monoisotopic (exact) mass is 517 g/mol. The Morgan fingerprint density at radius 2 is 1.89 bits per heavy atom. The van der Waals surface area contributed by atoms with E-state index in [2.05, 4.69) is 36.9 Å². The second-order valence-electron chi connectivity index (χ2n) is 9.92. The van der Waals surface area contributed by atoms with Crippen LogP contribution in [0.15, 0.2) is 40.9 Å². The van der Waals surface area contributed by atoms with Crippen molar-refractivity contribution in [2.24, 2.45) is 5.92 Å². The number of carbonyl (C=O) groups is 1. The highest BCUT2D eigenvalue weighted by atomic mass is 16.5. The molecule has 0 aliphatic carbocycles. The highest BCUT2D eigenvalue weighted by molar-refractivity contribution is 6.08. The van der Waals surface area contributed by atoms with Crippen LogP contribution < -0.4 is 4.90 Å². The normalized spacial score (nSPS) is 14.0. The van der Waals surface area contributed by atoms with E-state index in [1.807, 2.05) is 41.8 Å². The number of carbonyl (C=O) groups excluding carboxylic acids is 1. The summed E-state index contributed by atoms with van der Waals surface area (Å²) < 4.78 is 18.9. The summed E-state index contributed by atoms with van der Waals surface area (Å²) in [6.45, 7) is 11.2. The van der Waals surface area contributed by atoms with Gasteiger partial charge in [0.2, 0.25) is 0 Å². The van der Waals surface area contributed by atoms with Gasteiger partial charge in [0.05, 0.1) is 36.6 Å². The van der Waals surface area contributed by atoms with Crippen LogP contribution in [-0.2, 0) is 22.3 Å². The van der Waals surface area contributed by atoms with Gasteiger partial charge in [0.1, 0.15) is 11.4 Å². The van der Waals surface area contributed by atoms with Crippen LogP contribution >= 0.6 is 0 Å². The Morgan fingerprint density at radius 1 is 1.13 bits per heavy atom. The van der Waals surface area contributed by atoms with Gasteiger partial charge in [0, 0.05) is 25.1 Å². The SMILES string of the molecule is CCCc1c(-c2nc(CC(C)C)no2)c(C(=O)OCC)c2c(-c3ccccc3)cc(N3CCOCC3)nn12. The Bertz CT molecular complexity index is 1400. The number of morpholine rings is 1. The summed E-state index contributed by atoms with van der Waals surface area (Å²) >= 11 is 0. The lowest BCUT2D eigenvalue weighted by Gasteiger charge is -2.28. The zero-order chi connectivity index (χ0) is 26.6. The summed E-state index contributed by atoms with van der Waals surface area (Å²) in [6, 6.07) is 12.1. The summed E-state index contributed by atoms with van der Waals surface area (Å²) in [7, 11) is 0. The Labute approximate surface area is 222 Å². The van der Waals surface area contributed by atoms with E-state index in [-0.39, 0.29) is 6.61 Å². The first-order chi connectivity index (χ1) is 18.5. The van der Waals surface area contributed by atoms with Crippen LogP contribution in [-0.4, -0.2) is 58.6 Å². The van der Waals surface area contributed by atoms with Gasteiger partial charge >= 0.3 is 5.97 Å². The molecule has 0 atom stereocenters. The summed E-state index contributed by atoms with van der Waals surface area (Å²) in [6.07, 6.45) is 2.20. The topological polar surface area (TPSA) is 95.0 Å². The van der Waals surface area contributed by atoms with Crippen molar-refractivity contribution >= 4 is 17.3 Å². The second kappa shape index (κ2) is 11.3. The number of esters is 1. The highest BCUT2D eigenvalue weighted by Crippen LogP contribution is 2.39. The molecule has 0 radical (unpaired) electrons. The summed E-state index contributed by atoms with van der Waals surface area (Å²) in [5, 5.41) is 9.33. The van der Waals surface area contributed by atoms with E-state index in [1.54, 1.807) is 0 Å². The molecule has 0 saturated carbocycles. The van der Waals surface area contributed by atoms with E-state index in [9.17, 15) is 4.79 Å². The molecular weight excluding hydrogens is 482 g/mol. The van der Waals surface area contributed by atoms with Crippen LogP contribution in [0.5, 0.6) is 0 Å². The summed E-state index contributed by atoms with van der Waals surface area (Å²) in [5.74, 6) is 1.72. The first-order valence-electron chi connectivity index (χ1n) is 13.5. The molecule has 0 unspecified atom stereocenters. The average molecular weight is 518 g/mol. The average Bonchev–Trinajstić information content (AvgIpc) is 3.51. The van der Waals surface area contributed by atoms with Crippen LogP contribution in [0, 0.1) is 5.92 Å². The molecule has 9 nitrogen and oxygen atoms in total. The fourth-order valence-electron chi connectivity index (χ4n) is 4.99. The number of nitrogens with zero attached hydrogens (tertiary/aromatic N) is 5. The van der Waals surface area contributed by atoms with Gasteiger partial charge in [-0.15, -0.1) is 5.10 Å². The molecule has 0 spiro atoms. The van der Waals surface area contributed by atoms with Gasteiger partial charge in [0.25, 0.3) is 5.89 Å². The number of rotatable bonds is 9. The lowest BCUT2D eigenvalue weighted by molar-refractivity contribution is 0.0529. The van der Waals surface area contributed by atoms with Crippen molar-refractivity contribution in [2.45, 2.75) is 47.0 Å². The number of benzene rings is 1. The largest absolute Gasteiger partial charge is 0.462 e. The second-order valence-corrected chi connectivity index (χ2v) is 9.92. The highest BCUT2D eigenvalue weighted by Gasteiger charge is 2.32. The van der Waals surface area contributed by atoms with Crippen molar-refractivity contribution in [2.75, 3.05) is 37.8 Å². The standard InChI is InChI=1S/C29H35N5O4/c1-5-10-22-25(28-30-23(32-38-28)17-19(3)4)26(29(35)37-6-2)27-21(20-11-8-7-9-12-20)18-24(31-34(22)27)33-13-15-36-16-14-33/h7-9,11-12,18-19H,5-6,10,13-17H2,1-4H3. The molecule has 1 saturated heterocycles. The van der Waals surface area contributed by atoms with E-state index in [0.29, 0.717) is 60.3 Å². The van der Waals surface area contributed by atoms with E-state index in [0.717, 1.165) is 42.1 Å². The van der Waals surface area contributed by atoms with Gasteiger partial charge in [-0.1, -0.05) is 62.7 Å². The van der Waals surface area contributed by atoms with Crippen molar-refractivity contribution < 1.29 is 18.8 Å². The minimum absolute atomic E-state index is 0.251. The maximum Gasteiger partial charge on any atom is 0.341 e. The Kier molecular flexibility index (Phi) is 7.74. The summed E-state index contributed by atoms with van der Waals surface area (Å²) in [5.41, 5.74) is 4.45. The number of aromatic nitrogens is 4. The van der Waals surface area contributed by atoms with Gasteiger partial charge in [-0.2, -0.15) is 4.98 Å². The Hall–Kier alpha value is -3.72. The molecular formula is C29H35N5O4. The molecule has 9 heteroatoms. The quantitative estimate of drug-likeness (QED) is 0.279. The lowest BCUT2D eigenvalue weighted by atomic mass is 10.0. The van der Waals surface area contributed by atoms with Crippen LogP contribution in [0.1, 0.15) is 56.0 Å². The van der Waals surface area contributed by atoms with Crippen molar-refractivity contribution in [1.82, 2.24) is 19.8 Å². The third-order valence-electron chi connectivity index (χ3n) is 6.63. The smallest absolute Gasteiger partial charge is 0.341 e. The Balaban J connectivity index is 1.85. The third-order valence-corrected chi connectivity index (χ3v) is 6.63. The Morgan fingerprint density at radius 3 is 2.58 bits per heavy atom. The molecule has 4 heterocycles. The number of hydrogen-bond donors (Lipinski definition) is 0. The minimum Gasteiger partial charge on any atom is -0.462 e. The predicted octanol–water partition coefficient (Wildman–Crippen LogP) is 5.22. The maximum atomic E-state index is 13.6. The molecule has 200 valence electrons. The number of anilines is 1. The molecule has 4 aromatic rings. The molecule has 1 aliphatic heterocycles. The van der Waals surface area contributed by atoms with Crippen LogP contribution in [0.4, 0.5) is 5.82 Å². The van der Waals surface area contributed by atoms with Gasteiger partial charge < -0.3 is 18.9 Å². The van der Waals surface area contributed by atoms with Crippen LogP contribution in [0.2, 0.25) is 0 Å². The minimum atomic E-state index is -0.427. The van der Waals surface area contributed by atoms with Crippen molar-refractivity contribution in [3.63, 3.8) is 0 Å². The van der Waals surface area contributed by atoms with Gasteiger partial charge in [-0.25, -0.2) is 9.31 Å². The predicted molar refractivity (Wildman–Crippen MR) is 145 cm³/mol. The first kappa shape index (κ1) is 25.9. The maximum absolute atomic E-state index is 13.6. The van der Waals surface area contributed by atoms with E-state index in [1.165, 1.54) is 0 Å². The molecule has 1 fully saturated rings. The van der Waals surface area contributed by atoms with Crippen molar-refractivity contribution in [1.29, 1.82) is 0 Å². The molecule has 5 rings (SSSR count). The molecule has 1 aromatic carbocycles. The molecule has 0 amide bonds. The molecule has 1 aliphatic rings. The van der Waals surface area contributed by atoms with E-state index >= 15 is 0 Å². The van der Waals surface area contributed by atoms with E-state index < -0.39 is 5.97 Å². The zero-order valence-corrected chi connectivity index (χ0v) is 22.6. The molecule has 0 N–H and O–H groups in total. The third kappa shape index (κ3) is 5.03.